The Hall–Kier alpha value is -3.04. The first-order valence-electron chi connectivity index (χ1n) is 17.6. The predicted octanol–water partition coefficient (Wildman–Crippen LogP) is 9.59. The van der Waals surface area contributed by atoms with E-state index in [0.29, 0.717) is 11.4 Å². The third-order valence-electron chi connectivity index (χ3n) is 10.2. The standard InChI is InChI=1S/C41H46ClNO5S2/c1-27(44)19-30-6-2-3-8-33(30)34(13-18-49-25-40(14-15-40)23-38(45)46)31-7-4-5-28(20-31)21-37(50-26-41(16-17-41)24-39(47)48)35-12-10-29-9-11-32(42)22-36(29)43-35/h2-12,20,22,27,34,37,44H,13-19,21,23-26H2,1H3,(H,45,46)(H,47,48)/t27?,34?,37-/m1/s1. The van der Waals surface area contributed by atoms with Crippen LogP contribution in [0.5, 0.6) is 0 Å². The molecule has 0 amide bonds. The molecule has 2 fully saturated rings. The van der Waals surface area contributed by atoms with Crippen LogP contribution in [0.4, 0.5) is 0 Å². The van der Waals surface area contributed by atoms with Gasteiger partial charge in [-0.05, 0) is 115 Å². The maximum atomic E-state index is 11.7. The summed E-state index contributed by atoms with van der Waals surface area (Å²) in [5.74, 6) is 1.22. The Bertz CT molecular complexity index is 1820. The molecular weight excluding hydrogens is 686 g/mol. The summed E-state index contributed by atoms with van der Waals surface area (Å²) in [6.45, 7) is 1.83. The largest absolute Gasteiger partial charge is 0.481 e. The highest BCUT2D eigenvalue weighted by Crippen LogP contribution is 2.53. The fraction of sp³-hybridized carbons (Fsp3) is 0.439. The van der Waals surface area contributed by atoms with Crippen molar-refractivity contribution in [1.29, 1.82) is 0 Å². The number of carboxylic acid groups (broad SMARTS) is 2. The van der Waals surface area contributed by atoms with Gasteiger partial charge in [0.05, 0.1) is 35.4 Å². The zero-order valence-electron chi connectivity index (χ0n) is 28.5. The van der Waals surface area contributed by atoms with Crippen molar-refractivity contribution in [3.63, 3.8) is 0 Å². The van der Waals surface area contributed by atoms with Crippen LogP contribution in [0.25, 0.3) is 10.9 Å². The molecule has 0 aliphatic heterocycles. The summed E-state index contributed by atoms with van der Waals surface area (Å²) in [5.41, 5.74) is 6.41. The molecule has 0 radical (unpaired) electrons. The van der Waals surface area contributed by atoms with Gasteiger partial charge in [0.1, 0.15) is 0 Å². The number of hydrogen-bond donors (Lipinski definition) is 3. The number of pyridine rings is 1. The van der Waals surface area contributed by atoms with Gasteiger partial charge in [0.2, 0.25) is 0 Å². The maximum absolute atomic E-state index is 11.7. The van der Waals surface area contributed by atoms with Gasteiger partial charge in [-0.2, -0.15) is 23.5 Å². The van der Waals surface area contributed by atoms with Crippen LogP contribution in [0.15, 0.2) is 78.9 Å². The molecule has 6 nitrogen and oxygen atoms in total. The summed E-state index contributed by atoms with van der Waals surface area (Å²) in [6, 6.07) is 27.2. The molecule has 2 aliphatic rings. The van der Waals surface area contributed by atoms with Gasteiger partial charge in [0, 0.05) is 22.1 Å². The van der Waals surface area contributed by atoms with Crippen molar-refractivity contribution in [3.8, 4) is 0 Å². The lowest BCUT2D eigenvalue weighted by atomic mass is 9.84. The van der Waals surface area contributed by atoms with Crippen molar-refractivity contribution in [2.45, 2.75) is 82.0 Å². The molecule has 2 aliphatic carbocycles. The first kappa shape index (κ1) is 36.7. The monoisotopic (exact) mass is 731 g/mol. The van der Waals surface area contributed by atoms with E-state index in [0.717, 1.165) is 77.9 Å². The van der Waals surface area contributed by atoms with Crippen LogP contribution in [-0.2, 0) is 22.4 Å². The molecule has 2 saturated carbocycles. The number of aliphatic hydroxyl groups excluding tert-OH is 1. The first-order valence-corrected chi connectivity index (χ1v) is 20.1. The van der Waals surface area contributed by atoms with Gasteiger partial charge in [-0.15, -0.1) is 0 Å². The van der Waals surface area contributed by atoms with Gasteiger partial charge in [0.25, 0.3) is 0 Å². The van der Waals surface area contributed by atoms with Crippen molar-refractivity contribution in [3.05, 3.63) is 112 Å². The van der Waals surface area contributed by atoms with Crippen LogP contribution < -0.4 is 0 Å². The first-order chi connectivity index (χ1) is 24.0. The quantitative estimate of drug-likeness (QED) is 0.0819. The van der Waals surface area contributed by atoms with E-state index >= 15 is 0 Å². The van der Waals surface area contributed by atoms with Crippen molar-refractivity contribution in [2.24, 2.45) is 10.8 Å². The number of aliphatic carboxylic acids is 2. The second kappa shape index (κ2) is 16.1. The minimum absolute atomic E-state index is 0.0281. The van der Waals surface area contributed by atoms with E-state index in [1.165, 1.54) is 16.7 Å². The minimum atomic E-state index is -0.736. The number of fused-ring (bicyclic) bond motifs is 1. The molecule has 0 saturated heterocycles. The molecule has 0 bridgehead atoms. The molecule has 3 aromatic carbocycles. The van der Waals surface area contributed by atoms with Gasteiger partial charge in [-0.3, -0.25) is 14.6 Å². The zero-order valence-corrected chi connectivity index (χ0v) is 30.9. The van der Waals surface area contributed by atoms with Crippen molar-refractivity contribution >= 4 is 58.0 Å². The summed E-state index contributed by atoms with van der Waals surface area (Å²) in [7, 11) is 0. The molecular formula is C41H46ClNO5S2. The van der Waals surface area contributed by atoms with Crippen LogP contribution in [0, 0.1) is 10.8 Å². The fourth-order valence-corrected chi connectivity index (χ4v) is 10.2. The van der Waals surface area contributed by atoms with E-state index in [-0.39, 0.29) is 34.8 Å². The summed E-state index contributed by atoms with van der Waals surface area (Å²) >= 11 is 10.0. The van der Waals surface area contributed by atoms with Gasteiger partial charge < -0.3 is 15.3 Å². The third kappa shape index (κ3) is 9.84. The molecule has 4 aromatic rings. The van der Waals surface area contributed by atoms with E-state index in [1.54, 1.807) is 0 Å². The van der Waals surface area contributed by atoms with E-state index in [2.05, 4.69) is 54.6 Å². The number of thioether (sulfide) groups is 2. The van der Waals surface area contributed by atoms with Gasteiger partial charge in [-0.25, -0.2) is 0 Å². The molecule has 2 unspecified atom stereocenters. The highest BCUT2D eigenvalue weighted by atomic mass is 35.5. The number of rotatable bonds is 19. The van der Waals surface area contributed by atoms with Gasteiger partial charge >= 0.3 is 11.9 Å². The average molecular weight is 732 g/mol. The number of benzene rings is 3. The van der Waals surface area contributed by atoms with Crippen molar-refractivity contribution in [2.75, 3.05) is 17.3 Å². The molecule has 1 heterocycles. The van der Waals surface area contributed by atoms with Gasteiger partial charge in [0.15, 0.2) is 0 Å². The summed E-state index contributed by atoms with van der Waals surface area (Å²) < 4.78 is 0. The van der Waals surface area contributed by atoms with Crippen LogP contribution in [0.1, 0.15) is 91.0 Å². The van der Waals surface area contributed by atoms with E-state index in [9.17, 15) is 24.9 Å². The van der Waals surface area contributed by atoms with Crippen LogP contribution in [0.3, 0.4) is 0 Å². The molecule has 3 atom stereocenters. The Balaban J connectivity index is 1.27. The van der Waals surface area contributed by atoms with Crippen LogP contribution >= 0.6 is 35.1 Å². The average Bonchev–Trinajstić information content (AvgIpc) is 4.01. The molecule has 264 valence electrons. The van der Waals surface area contributed by atoms with E-state index in [4.69, 9.17) is 16.6 Å². The summed E-state index contributed by atoms with van der Waals surface area (Å²) in [6.07, 6.45) is 6.08. The number of carboxylic acids is 2. The smallest absolute Gasteiger partial charge is 0.303 e. The third-order valence-corrected chi connectivity index (χ3v) is 13.4. The molecule has 0 spiro atoms. The molecule has 6 rings (SSSR count). The molecule has 9 heteroatoms. The number of nitrogens with zero attached hydrogens (tertiary/aromatic N) is 1. The molecule has 50 heavy (non-hydrogen) atoms. The molecule has 1 aromatic heterocycles. The lowest BCUT2D eigenvalue weighted by Crippen LogP contribution is -2.14. The number of aliphatic hydroxyl groups is 1. The highest BCUT2D eigenvalue weighted by molar-refractivity contribution is 7.99. The minimum Gasteiger partial charge on any atom is -0.481 e. The Morgan fingerprint density at radius 3 is 2.26 bits per heavy atom. The SMILES string of the molecule is CC(O)Cc1ccccc1C(CCSCC1(CC(=O)O)CC1)c1cccc(C[C@@H](SCC2(CC(=O)O)CC2)c2ccc3ccc(Cl)cc3n2)c1. The zero-order chi connectivity index (χ0) is 35.3. The van der Waals surface area contributed by atoms with Crippen LogP contribution in [-0.4, -0.2) is 55.6 Å². The van der Waals surface area contributed by atoms with Crippen LogP contribution in [0.2, 0.25) is 5.02 Å². The van der Waals surface area contributed by atoms with Crippen molar-refractivity contribution < 1.29 is 24.9 Å². The topological polar surface area (TPSA) is 108 Å². The number of halogens is 1. The Kier molecular flexibility index (Phi) is 11.8. The Morgan fingerprint density at radius 2 is 1.56 bits per heavy atom. The number of hydrogen-bond acceptors (Lipinski definition) is 6. The molecule has 3 N–H and O–H groups in total. The lowest BCUT2D eigenvalue weighted by Gasteiger charge is -2.24. The summed E-state index contributed by atoms with van der Waals surface area (Å²) in [4.78, 5) is 28.2. The second-order valence-corrected chi connectivity index (χ2v) is 17.3. The highest BCUT2D eigenvalue weighted by Gasteiger charge is 2.45. The second-order valence-electron chi connectivity index (χ2n) is 14.6. The Morgan fingerprint density at radius 1 is 0.860 bits per heavy atom. The van der Waals surface area contributed by atoms with E-state index in [1.807, 2.05) is 54.7 Å². The summed E-state index contributed by atoms with van der Waals surface area (Å²) in [5, 5.41) is 31.0. The Labute approximate surface area is 308 Å². The number of carbonyl (C=O) groups is 2. The maximum Gasteiger partial charge on any atom is 0.303 e. The normalized spacial score (nSPS) is 17.6. The lowest BCUT2D eigenvalue weighted by molar-refractivity contribution is -0.139. The number of aromatic nitrogens is 1. The van der Waals surface area contributed by atoms with E-state index < -0.39 is 18.0 Å². The fourth-order valence-electron chi connectivity index (χ4n) is 7.07. The van der Waals surface area contributed by atoms with Gasteiger partial charge in [-0.1, -0.05) is 72.3 Å². The van der Waals surface area contributed by atoms with Crippen molar-refractivity contribution in [1.82, 2.24) is 4.98 Å². The predicted molar refractivity (Wildman–Crippen MR) is 206 cm³/mol.